The van der Waals surface area contributed by atoms with Crippen molar-refractivity contribution in [2.24, 2.45) is 0 Å². The van der Waals surface area contributed by atoms with Crippen LogP contribution in [-0.2, 0) is 17.4 Å². The molecule has 0 radical (unpaired) electrons. The van der Waals surface area contributed by atoms with Crippen molar-refractivity contribution in [3.8, 4) is 0 Å². The molecule has 0 bridgehead atoms. The molecule has 0 aliphatic heterocycles. The van der Waals surface area contributed by atoms with Gasteiger partial charge in [-0.05, 0) is 15.9 Å². The topological polar surface area (TPSA) is 80.4 Å². The number of aromatic nitrogens is 4. The lowest BCUT2D eigenvalue weighted by molar-refractivity contribution is -0.143. The van der Waals surface area contributed by atoms with Crippen LogP contribution in [0.25, 0.3) is 5.78 Å². The monoisotopic (exact) mass is 324 g/mol. The summed E-state index contributed by atoms with van der Waals surface area (Å²) in [7, 11) is 0. The molecule has 10 heteroatoms. The predicted molar refractivity (Wildman–Crippen MR) is 54.8 cm³/mol. The summed E-state index contributed by atoms with van der Waals surface area (Å²) in [5.41, 5.74) is -1.09. The molecule has 1 N–H and O–H groups in total. The first kappa shape index (κ1) is 12.7. The number of nitrogens with zero attached hydrogens (tertiary/aromatic N) is 4. The van der Waals surface area contributed by atoms with Gasteiger partial charge in [-0.25, -0.2) is 4.98 Å². The number of hydrogen-bond donors (Lipinski definition) is 1. The maximum Gasteiger partial charge on any atom is 0.434 e. The fourth-order valence-corrected chi connectivity index (χ4v) is 1.82. The van der Waals surface area contributed by atoms with Crippen molar-refractivity contribution < 1.29 is 23.1 Å². The number of carboxylic acid groups (broad SMARTS) is 1. The molecular weight excluding hydrogens is 321 g/mol. The first-order valence-corrected chi connectivity index (χ1v) is 5.27. The molecule has 0 saturated carbocycles. The SMILES string of the molecule is O=C(O)Cc1nc2ncc(Br)c(C(F)(F)F)n2n1. The maximum atomic E-state index is 12.8. The summed E-state index contributed by atoms with van der Waals surface area (Å²) in [6.07, 6.45) is -4.29. The van der Waals surface area contributed by atoms with Gasteiger partial charge in [0.2, 0.25) is 0 Å². The van der Waals surface area contributed by atoms with Crippen molar-refractivity contribution in [3.63, 3.8) is 0 Å². The summed E-state index contributed by atoms with van der Waals surface area (Å²) in [4.78, 5) is 17.7. The van der Waals surface area contributed by atoms with Gasteiger partial charge < -0.3 is 5.11 Å². The molecule has 18 heavy (non-hydrogen) atoms. The molecule has 0 aliphatic rings. The average molecular weight is 325 g/mol. The van der Waals surface area contributed by atoms with E-state index in [1.54, 1.807) is 0 Å². The van der Waals surface area contributed by atoms with Crippen molar-refractivity contribution in [2.45, 2.75) is 12.6 Å². The third kappa shape index (κ3) is 2.28. The Morgan fingerprint density at radius 2 is 2.17 bits per heavy atom. The molecular formula is C8H4BrF3N4O2. The van der Waals surface area contributed by atoms with Crippen LogP contribution in [0.1, 0.15) is 11.5 Å². The predicted octanol–water partition coefficient (Wildman–Crippen LogP) is 1.53. The second-order valence-electron chi connectivity index (χ2n) is 3.26. The van der Waals surface area contributed by atoms with Crippen LogP contribution < -0.4 is 0 Å². The zero-order chi connectivity index (χ0) is 13.5. The summed E-state index contributed by atoms with van der Waals surface area (Å²) >= 11 is 2.73. The molecule has 0 saturated heterocycles. The van der Waals surface area contributed by atoms with Crippen LogP contribution in [-0.4, -0.2) is 30.7 Å². The molecule has 0 unspecified atom stereocenters. The largest absolute Gasteiger partial charge is 0.481 e. The van der Waals surface area contributed by atoms with E-state index in [4.69, 9.17) is 5.11 Å². The third-order valence-corrected chi connectivity index (χ3v) is 2.52. The van der Waals surface area contributed by atoms with E-state index >= 15 is 0 Å². The molecule has 0 spiro atoms. The number of hydrogen-bond acceptors (Lipinski definition) is 4. The molecule has 0 amide bonds. The molecule has 2 heterocycles. The van der Waals surface area contributed by atoms with Crippen LogP contribution in [0, 0.1) is 0 Å². The molecule has 0 aliphatic carbocycles. The van der Waals surface area contributed by atoms with Crippen molar-refractivity contribution >= 4 is 27.7 Å². The van der Waals surface area contributed by atoms with Gasteiger partial charge in [-0.1, -0.05) is 0 Å². The Kier molecular flexibility index (Phi) is 2.97. The normalized spacial score (nSPS) is 12.0. The van der Waals surface area contributed by atoms with Crippen molar-refractivity contribution in [2.75, 3.05) is 0 Å². The number of aliphatic carboxylic acids is 1. The fourth-order valence-electron chi connectivity index (χ4n) is 1.32. The molecule has 2 rings (SSSR count). The molecule has 2 aromatic rings. The van der Waals surface area contributed by atoms with E-state index in [1.165, 1.54) is 0 Å². The lowest BCUT2D eigenvalue weighted by Crippen LogP contribution is -2.14. The van der Waals surface area contributed by atoms with E-state index in [9.17, 15) is 18.0 Å². The highest BCUT2D eigenvalue weighted by Gasteiger charge is 2.37. The molecule has 0 fully saturated rings. The van der Waals surface area contributed by atoms with Crippen molar-refractivity contribution in [1.82, 2.24) is 19.6 Å². The number of alkyl halides is 3. The smallest absolute Gasteiger partial charge is 0.434 e. The summed E-state index contributed by atoms with van der Waals surface area (Å²) in [5.74, 6) is -1.78. The highest BCUT2D eigenvalue weighted by molar-refractivity contribution is 9.10. The Hall–Kier alpha value is -1.71. The van der Waals surface area contributed by atoms with E-state index in [-0.39, 0.29) is 16.1 Å². The van der Waals surface area contributed by atoms with Gasteiger partial charge in [0, 0.05) is 6.20 Å². The van der Waals surface area contributed by atoms with Crippen molar-refractivity contribution in [1.29, 1.82) is 0 Å². The van der Waals surface area contributed by atoms with Gasteiger partial charge in [0.05, 0.1) is 4.47 Å². The highest BCUT2D eigenvalue weighted by atomic mass is 79.9. The van der Waals surface area contributed by atoms with Crippen LogP contribution >= 0.6 is 15.9 Å². The standard InChI is InChI=1S/C8H4BrF3N4O2/c9-3-2-13-7-14-4(1-5(17)18)15-16(7)6(3)8(10,11)12/h2H,1H2,(H,17,18). The summed E-state index contributed by atoms with van der Waals surface area (Å²) in [5, 5.41) is 12.0. The molecule has 0 aromatic carbocycles. The Balaban J connectivity index is 2.65. The van der Waals surface area contributed by atoms with Crippen LogP contribution in [0.5, 0.6) is 0 Å². The van der Waals surface area contributed by atoms with Gasteiger partial charge in [-0.2, -0.15) is 22.7 Å². The van der Waals surface area contributed by atoms with Crippen LogP contribution in [0.2, 0.25) is 0 Å². The second kappa shape index (κ2) is 4.19. The summed E-state index contributed by atoms with van der Waals surface area (Å²) in [6, 6.07) is 0. The van der Waals surface area contributed by atoms with E-state index in [2.05, 4.69) is 31.0 Å². The van der Waals surface area contributed by atoms with Gasteiger partial charge in [0.25, 0.3) is 5.78 Å². The molecule has 96 valence electrons. The lowest BCUT2D eigenvalue weighted by Gasteiger charge is -2.09. The Bertz CT molecular complexity index is 625. The molecule has 2 aromatic heterocycles. The number of rotatable bonds is 2. The van der Waals surface area contributed by atoms with E-state index in [1.807, 2.05) is 0 Å². The van der Waals surface area contributed by atoms with Gasteiger partial charge in [0.15, 0.2) is 11.5 Å². The van der Waals surface area contributed by atoms with Gasteiger partial charge in [0.1, 0.15) is 6.42 Å². The minimum Gasteiger partial charge on any atom is -0.481 e. The van der Waals surface area contributed by atoms with Crippen LogP contribution in [0.4, 0.5) is 13.2 Å². The summed E-state index contributed by atoms with van der Waals surface area (Å²) in [6.45, 7) is 0. The summed E-state index contributed by atoms with van der Waals surface area (Å²) < 4.78 is 38.5. The molecule has 6 nitrogen and oxygen atoms in total. The maximum absolute atomic E-state index is 12.8. The minimum absolute atomic E-state index is 0.237. The first-order valence-electron chi connectivity index (χ1n) is 4.48. The number of halogens is 4. The van der Waals surface area contributed by atoms with Gasteiger partial charge in [-0.15, -0.1) is 5.10 Å². The zero-order valence-electron chi connectivity index (χ0n) is 8.44. The Morgan fingerprint density at radius 1 is 1.50 bits per heavy atom. The quantitative estimate of drug-likeness (QED) is 0.906. The second-order valence-corrected chi connectivity index (χ2v) is 4.12. The van der Waals surface area contributed by atoms with E-state index in [0.717, 1.165) is 6.20 Å². The van der Waals surface area contributed by atoms with Crippen LogP contribution in [0.15, 0.2) is 10.7 Å². The number of carbonyl (C=O) groups is 1. The zero-order valence-corrected chi connectivity index (χ0v) is 10.0. The van der Waals surface area contributed by atoms with E-state index in [0.29, 0.717) is 4.52 Å². The molecule has 0 atom stereocenters. The fraction of sp³-hybridized carbons (Fsp3) is 0.250. The lowest BCUT2D eigenvalue weighted by atomic mass is 10.4. The minimum atomic E-state index is -4.66. The van der Waals surface area contributed by atoms with Crippen LogP contribution in [0.3, 0.4) is 0 Å². The Labute approximate surface area is 106 Å². The number of fused-ring (bicyclic) bond motifs is 1. The number of carboxylic acids is 1. The average Bonchev–Trinajstić information content (AvgIpc) is 2.55. The first-order chi connectivity index (χ1) is 8.29. The third-order valence-electron chi connectivity index (χ3n) is 1.94. The van der Waals surface area contributed by atoms with Crippen molar-refractivity contribution in [3.05, 3.63) is 22.2 Å². The van der Waals surface area contributed by atoms with E-state index < -0.39 is 24.3 Å². The highest BCUT2D eigenvalue weighted by Crippen LogP contribution is 2.34. The Morgan fingerprint density at radius 3 is 2.72 bits per heavy atom. The van der Waals surface area contributed by atoms with Gasteiger partial charge >= 0.3 is 12.1 Å². The van der Waals surface area contributed by atoms with Gasteiger partial charge in [-0.3, -0.25) is 4.79 Å².